The van der Waals surface area contributed by atoms with Crippen LogP contribution in [-0.4, -0.2) is 9.97 Å². The first-order chi connectivity index (χ1) is 9.56. The van der Waals surface area contributed by atoms with E-state index in [1.807, 2.05) is 0 Å². The van der Waals surface area contributed by atoms with E-state index in [1.54, 1.807) is 35.9 Å². The van der Waals surface area contributed by atoms with Crippen LogP contribution >= 0.6 is 22.9 Å². The van der Waals surface area contributed by atoms with Gasteiger partial charge in [0.05, 0.1) is 16.1 Å². The largest absolute Gasteiger partial charge is 0.399 e. The van der Waals surface area contributed by atoms with Gasteiger partial charge in [0, 0.05) is 10.6 Å². The van der Waals surface area contributed by atoms with E-state index in [9.17, 15) is 0 Å². The van der Waals surface area contributed by atoms with Gasteiger partial charge in [0.2, 0.25) is 0 Å². The molecule has 102 valence electrons. The Kier molecular flexibility index (Phi) is 3.23. The van der Waals surface area contributed by atoms with Crippen molar-refractivity contribution in [3.63, 3.8) is 0 Å². The molecule has 0 atom stereocenters. The summed E-state index contributed by atoms with van der Waals surface area (Å²) in [7, 11) is 0. The zero-order valence-corrected chi connectivity index (χ0v) is 12.6. The molecule has 20 heavy (non-hydrogen) atoms. The average Bonchev–Trinajstić information content (AvgIpc) is 2.71. The molecule has 0 saturated heterocycles. The van der Waals surface area contributed by atoms with Gasteiger partial charge in [-0.15, -0.1) is 11.3 Å². The fourth-order valence-electron chi connectivity index (χ4n) is 2.04. The quantitative estimate of drug-likeness (QED) is 0.693. The number of aryl methyl sites for hydroxylation is 2. The summed E-state index contributed by atoms with van der Waals surface area (Å²) in [6.07, 6.45) is 1.56. The van der Waals surface area contributed by atoms with Gasteiger partial charge >= 0.3 is 0 Å². The van der Waals surface area contributed by atoms with Crippen molar-refractivity contribution in [2.45, 2.75) is 13.8 Å². The third kappa shape index (κ3) is 2.19. The Morgan fingerprint density at radius 3 is 2.85 bits per heavy atom. The first-order valence-corrected chi connectivity index (χ1v) is 7.28. The summed E-state index contributed by atoms with van der Waals surface area (Å²) in [6.45, 7) is 4.16. The monoisotopic (exact) mass is 304 g/mol. The van der Waals surface area contributed by atoms with E-state index >= 15 is 0 Å². The highest BCUT2D eigenvalue weighted by Gasteiger charge is 2.13. The van der Waals surface area contributed by atoms with Crippen LogP contribution in [-0.2, 0) is 0 Å². The molecule has 0 unspecified atom stereocenters. The molecule has 0 aliphatic rings. The summed E-state index contributed by atoms with van der Waals surface area (Å²) in [5.74, 6) is 0.754. The van der Waals surface area contributed by atoms with Crippen molar-refractivity contribution < 1.29 is 0 Å². The SMILES string of the molecule is Cc1sc2ncnc(Nc3cc(N)ccc3Cl)c2c1C. The maximum atomic E-state index is 6.18. The molecule has 0 bridgehead atoms. The van der Waals surface area contributed by atoms with Crippen LogP contribution in [0.25, 0.3) is 10.2 Å². The zero-order chi connectivity index (χ0) is 14.3. The number of hydrogen-bond acceptors (Lipinski definition) is 5. The summed E-state index contributed by atoms with van der Waals surface area (Å²) >= 11 is 7.85. The first kappa shape index (κ1) is 13.1. The van der Waals surface area contributed by atoms with Gasteiger partial charge in [-0.05, 0) is 37.6 Å². The van der Waals surface area contributed by atoms with E-state index in [0.29, 0.717) is 10.7 Å². The third-order valence-corrected chi connectivity index (χ3v) is 4.65. The predicted molar refractivity (Wildman–Crippen MR) is 86.0 cm³/mol. The molecule has 0 spiro atoms. The summed E-state index contributed by atoms with van der Waals surface area (Å²) in [5.41, 5.74) is 8.39. The fraction of sp³-hybridized carbons (Fsp3) is 0.143. The van der Waals surface area contributed by atoms with Crippen LogP contribution in [0.4, 0.5) is 17.2 Å². The topological polar surface area (TPSA) is 63.8 Å². The molecule has 6 heteroatoms. The highest BCUT2D eigenvalue weighted by Crippen LogP contribution is 2.35. The van der Waals surface area contributed by atoms with Gasteiger partial charge in [-0.1, -0.05) is 11.6 Å². The Morgan fingerprint density at radius 2 is 2.05 bits per heavy atom. The number of nitrogens with one attached hydrogen (secondary N) is 1. The number of nitrogens with two attached hydrogens (primary N) is 1. The number of benzene rings is 1. The number of thiophene rings is 1. The van der Waals surface area contributed by atoms with Crippen LogP contribution in [0.1, 0.15) is 10.4 Å². The lowest BCUT2D eigenvalue weighted by Gasteiger charge is -2.09. The van der Waals surface area contributed by atoms with Crippen molar-refractivity contribution in [2.75, 3.05) is 11.1 Å². The van der Waals surface area contributed by atoms with Gasteiger partial charge in [-0.3, -0.25) is 0 Å². The Morgan fingerprint density at radius 1 is 1.25 bits per heavy atom. The van der Waals surface area contributed by atoms with Gasteiger partial charge in [0.1, 0.15) is 17.0 Å². The Balaban J connectivity index is 2.13. The fourth-order valence-corrected chi connectivity index (χ4v) is 3.21. The molecule has 4 nitrogen and oxygen atoms in total. The molecule has 0 amide bonds. The van der Waals surface area contributed by atoms with Crippen LogP contribution < -0.4 is 11.1 Å². The average molecular weight is 305 g/mol. The molecule has 3 N–H and O–H groups in total. The maximum absolute atomic E-state index is 6.18. The van der Waals surface area contributed by atoms with Gasteiger partial charge < -0.3 is 11.1 Å². The number of hydrogen-bond donors (Lipinski definition) is 2. The van der Waals surface area contributed by atoms with Crippen LogP contribution in [0.3, 0.4) is 0 Å². The number of fused-ring (bicyclic) bond motifs is 1. The molecule has 0 aliphatic heterocycles. The molecule has 3 rings (SSSR count). The molecule has 0 radical (unpaired) electrons. The Labute approximate surface area is 125 Å². The standard InChI is InChI=1S/C14H13ClN4S/c1-7-8(2)20-14-12(7)13(17-6-18-14)19-11-5-9(16)3-4-10(11)15/h3-6H,16H2,1-2H3,(H,17,18,19). The number of halogens is 1. The number of nitrogens with zero attached hydrogens (tertiary/aromatic N) is 2. The molecule has 2 aromatic heterocycles. The molecule has 2 heterocycles. The normalized spacial score (nSPS) is 10.9. The van der Waals surface area contributed by atoms with Crippen LogP contribution in [0, 0.1) is 13.8 Å². The molecule has 0 saturated carbocycles. The van der Waals surface area contributed by atoms with E-state index in [1.165, 1.54) is 10.4 Å². The van der Waals surface area contributed by atoms with Crippen LogP contribution in [0.15, 0.2) is 24.5 Å². The maximum Gasteiger partial charge on any atom is 0.142 e. The number of rotatable bonds is 2. The number of nitrogen functional groups attached to an aromatic ring is 1. The van der Waals surface area contributed by atoms with Crippen LogP contribution in [0.2, 0.25) is 5.02 Å². The van der Waals surface area contributed by atoms with Gasteiger partial charge in [-0.2, -0.15) is 0 Å². The second-order valence-electron chi connectivity index (χ2n) is 4.55. The molecule has 0 fully saturated rings. The van der Waals surface area contributed by atoms with E-state index in [2.05, 4.69) is 29.1 Å². The number of aromatic nitrogens is 2. The molecular formula is C14H13ClN4S. The molecular weight excluding hydrogens is 292 g/mol. The minimum atomic E-state index is 0.607. The summed E-state index contributed by atoms with van der Waals surface area (Å²) in [4.78, 5) is 10.9. The summed E-state index contributed by atoms with van der Waals surface area (Å²) in [6, 6.07) is 5.33. The van der Waals surface area contributed by atoms with Gasteiger partial charge in [-0.25, -0.2) is 9.97 Å². The van der Waals surface area contributed by atoms with E-state index in [-0.39, 0.29) is 0 Å². The van der Waals surface area contributed by atoms with Crippen molar-refractivity contribution >= 4 is 50.3 Å². The Hall–Kier alpha value is -1.85. The van der Waals surface area contributed by atoms with E-state index in [4.69, 9.17) is 17.3 Å². The first-order valence-electron chi connectivity index (χ1n) is 6.09. The molecule has 1 aromatic carbocycles. The minimum Gasteiger partial charge on any atom is -0.399 e. The number of anilines is 3. The lowest BCUT2D eigenvalue weighted by Crippen LogP contribution is -1.97. The minimum absolute atomic E-state index is 0.607. The summed E-state index contributed by atoms with van der Waals surface area (Å²) in [5, 5.41) is 4.90. The molecule has 0 aliphatic carbocycles. The van der Waals surface area contributed by atoms with Crippen LogP contribution in [0.5, 0.6) is 0 Å². The second kappa shape index (κ2) is 4.92. The Bertz CT molecular complexity index is 797. The van der Waals surface area contributed by atoms with Crippen molar-refractivity contribution in [3.8, 4) is 0 Å². The smallest absolute Gasteiger partial charge is 0.142 e. The lowest BCUT2D eigenvalue weighted by atomic mass is 10.2. The van der Waals surface area contributed by atoms with Gasteiger partial charge in [0.15, 0.2) is 0 Å². The second-order valence-corrected chi connectivity index (χ2v) is 6.16. The van der Waals surface area contributed by atoms with Crippen molar-refractivity contribution in [2.24, 2.45) is 0 Å². The van der Waals surface area contributed by atoms with Gasteiger partial charge in [0.25, 0.3) is 0 Å². The van der Waals surface area contributed by atoms with E-state index < -0.39 is 0 Å². The molecule has 3 aromatic rings. The summed E-state index contributed by atoms with van der Waals surface area (Å²) < 4.78 is 0. The van der Waals surface area contributed by atoms with E-state index in [0.717, 1.165) is 21.7 Å². The third-order valence-electron chi connectivity index (χ3n) is 3.21. The predicted octanol–water partition coefficient (Wildman–Crippen LogP) is 4.29. The van der Waals surface area contributed by atoms with Crippen molar-refractivity contribution in [1.82, 2.24) is 9.97 Å². The lowest BCUT2D eigenvalue weighted by molar-refractivity contribution is 1.22. The van der Waals surface area contributed by atoms with Crippen molar-refractivity contribution in [3.05, 3.63) is 40.0 Å². The van der Waals surface area contributed by atoms with Crippen molar-refractivity contribution in [1.29, 1.82) is 0 Å². The zero-order valence-electron chi connectivity index (χ0n) is 11.1. The highest BCUT2D eigenvalue weighted by atomic mass is 35.5. The highest BCUT2D eigenvalue weighted by molar-refractivity contribution is 7.18.